The Morgan fingerprint density at radius 3 is 2.00 bits per heavy atom. The quantitative estimate of drug-likeness (QED) is 0.791. The first kappa shape index (κ1) is 14.2. The molecule has 1 heterocycles. The normalized spacial score (nSPS) is 8.25. The minimum atomic E-state index is 0.203. The standard InChI is InChI=1S/C9H8N2O.2C2H6/c10-9-11-6-8(12-9)7-4-2-1-3-5-7;2*1-2/h1-6H,(H2,10,11);2*1-2H3. The Hall–Kier alpha value is -1.77. The van der Waals surface area contributed by atoms with Crippen LogP contribution in [-0.2, 0) is 0 Å². The van der Waals surface area contributed by atoms with Crippen molar-refractivity contribution in [2.45, 2.75) is 27.7 Å². The van der Waals surface area contributed by atoms with Crippen LogP contribution in [0.25, 0.3) is 11.3 Å². The predicted octanol–water partition coefficient (Wildman–Crippen LogP) is 3.98. The third-order valence-electron chi connectivity index (χ3n) is 1.58. The van der Waals surface area contributed by atoms with E-state index >= 15 is 0 Å². The number of nitrogens with two attached hydrogens (primary N) is 1. The molecule has 3 heteroatoms. The third kappa shape index (κ3) is 4.17. The van der Waals surface area contributed by atoms with E-state index < -0.39 is 0 Å². The number of anilines is 1. The average Bonchev–Trinajstić information content (AvgIpc) is 2.82. The lowest BCUT2D eigenvalue weighted by Gasteiger charge is -1.92. The molecule has 0 fully saturated rings. The van der Waals surface area contributed by atoms with Gasteiger partial charge in [-0.15, -0.1) is 0 Å². The summed E-state index contributed by atoms with van der Waals surface area (Å²) < 4.78 is 5.14. The molecule has 0 radical (unpaired) electrons. The summed E-state index contributed by atoms with van der Waals surface area (Å²) in [7, 11) is 0. The van der Waals surface area contributed by atoms with Gasteiger partial charge >= 0.3 is 0 Å². The second-order valence-corrected chi connectivity index (χ2v) is 2.43. The summed E-state index contributed by atoms with van der Waals surface area (Å²) in [6, 6.07) is 9.92. The van der Waals surface area contributed by atoms with E-state index in [-0.39, 0.29) is 6.01 Å². The van der Waals surface area contributed by atoms with Crippen molar-refractivity contribution >= 4 is 6.01 Å². The molecule has 16 heavy (non-hydrogen) atoms. The summed E-state index contributed by atoms with van der Waals surface area (Å²) in [5.41, 5.74) is 6.33. The molecule has 2 N–H and O–H groups in total. The fourth-order valence-corrected chi connectivity index (χ4v) is 1.02. The van der Waals surface area contributed by atoms with Crippen LogP contribution in [0, 0.1) is 0 Å². The fraction of sp³-hybridized carbons (Fsp3) is 0.308. The minimum absolute atomic E-state index is 0.203. The maximum absolute atomic E-state index is 5.34. The summed E-state index contributed by atoms with van der Waals surface area (Å²) in [4.78, 5) is 3.80. The number of nitrogens with zero attached hydrogens (tertiary/aromatic N) is 1. The van der Waals surface area contributed by atoms with Gasteiger partial charge in [0.15, 0.2) is 5.76 Å². The molecule has 0 spiro atoms. The largest absolute Gasteiger partial charge is 0.424 e. The highest BCUT2D eigenvalue weighted by Crippen LogP contribution is 2.19. The molecule has 0 atom stereocenters. The van der Waals surface area contributed by atoms with Gasteiger partial charge in [0, 0.05) is 5.56 Å². The predicted molar refractivity (Wildman–Crippen MR) is 69.0 cm³/mol. The molecule has 0 aliphatic rings. The van der Waals surface area contributed by atoms with E-state index in [1.54, 1.807) is 6.20 Å². The van der Waals surface area contributed by atoms with E-state index in [0.29, 0.717) is 5.76 Å². The van der Waals surface area contributed by atoms with Crippen LogP contribution in [0.15, 0.2) is 40.9 Å². The fourth-order valence-electron chi connectivity index (χ4n) is 1.02. The van der Waals surface area contributed by atoms with E-state index in [9.17, 15) is 0 Å². The van der Waals surface area contributed by atoms with E-state index in [1.807, 2.05) is 58.0 Å². The van der Waals surface area contributed by atoms with Crippen molar-refractivity contribution < 1.29 is 4.42 Å². The van der Waals surface area contributed by atoms with Crippen LogP contribution in [0.5, 0.6) is 0 Å². The van der Waals surface area contributed by atoms with Gasteiger partial charge in [0.25, 0.3) is 6.01 Å². The van der Waals surface area contributed by atoms with Crippen LogP contribution in [0.1, 0.15) is 27.7 Å². The molecular formula is C13H20N2O. The van der Waals surface area contributed by atoms with Gasteiger partial charge < -0.3 is 10.2 Å². The zero-order valence-electron chi connectivity index (χ0n) is 10.4. The Morgan fingerprint density at radius 2 is 1.56 bits per heavy atom. The van der Waals surface area contributed by atoms with Crippen LogP contribution >= 0.6 is 0 Å². The number of hydrogen-bond donors (Lipinski definition) is 1. The number of hydrogen-bond acceptors (Lipinski definition) is 3. The second-order valence-electron chi connectivity index (χ2n) is 2.43. The summed E-state index contributed by atoms with van der Waals surface area (Å²) in [6.07, 6.45) is 1.62. The van der Waals surface area contributed by atoms with Crippen LogP contribution in [-0.4, -0.2) is 4.98 Å². The van der Waals surface area contributed by atoms with Crippen LogP contribution in [0.3, 0.4) is 0 Å². The summed E-state index contributed by atoms with van der Waals surface area (Å²) in [5.74, 6) is 0.702. The number of nitrogen functional groups attached to an aromatic ring is 1. The zero-order chi connectivity index (χ0) is 12.4. The summed E-state index contributed by atoms with van der Waals surface area (Å²) in [6.45, 7) is 8.00. The van der Waals surface area contributed by atoms with Gasteiger partial charge in [0.05, 0.1) is 6.20 Å². The van der Waals surface area contributed by atoms with E-state index in [0.717, 1.165) is 5.56 Å². The Labute approximate surface area is 97.3 Å². The Kier molecular flexibility index (Phi) is 7.59. The van der Waals surface area contributed by atoms with Gasteiger partial charge in [-0.05, 0) is 0 Å². The van der Waals surface area contributed by atoms with E-state index in [4.69, 9.17) is 10.2 Å². The van der Waals surface area contributed by atoms with Gasteiger partial charge in [-0.1, -0.05) is 58.0 Å². The van der Waals surface area contributed by atoms with Crippen molar-refractivity contribution in [3.05, 3.63) is 36.5 Å². The molecule has 1 aromatic heterocycles. The second kappa shape index (κ2) is 8.53. The maximum atomic E-state index is 5.34. The molecule has 0 amide bonds. The maximum Gasteiger partial charge on any atom is 0.292 e. The lowest BCUT2D eigenvalue weighted by atomic mass is 10.2. The lowest BCUT2D eigenvalue weighted by Crippen LogP contribution is -1.79. The van der Waals surface area contributed by atoms with Crippen molar-refractivity contribution in [2.24, 2.45) is 0 Å². The van der Waals surface area contributed by atoms with Gasteiger partial charge in [-0.3, -0.25) is 0 Å². The van der Waals surface area contributed by atoms with Crippen molar-refractivity contribution in [3.8, 4) is 11.3 Å². The van der Waals surface area contributed by atoms with Crippen LogP contribution in [0.4, 0.5) is 6.01 Å². The number of oxazole rings is 1. The molecule has 0 bridgehead atoms. The average molecular weight is 220 g/mol. The highest BCUT2D eigenvalue weighted by atomic mass is 16.4. The first-order valence-corrected chi connectivity index (χ1v) is 5.63. The smallest absolute Gasteiger partial charge is 0.292 e. The molecule has 1 aromatic carbocycles. The SMILES string of the molecule is CC.CC.Nc1ncc(-c2ccccc2)o1. The molecular weight excluding hydrogens is 200 g/mol. The number of rotatable bonds is 1. The molecule has 0 aliphatic heterocycles. The van der Waals surface area contributed by atoms with Crippen molar-refractivity contribution in [1.82, 2.24) is 4.98 Å². The third-order valence-corrected chi connectivity index (χ3v) is 1.58. The van der Waals surface area contributed by atoms with Crippen LogP contribution < -0.4 is 5.73 Å². The topological polar surface area (TPSA) is 52.0 Å². The van der Waals surface area contributed by atoms with Gasteiger partial charge in [-0.25, -0.2) is 4.98 Å². The molecule has 88 valence electrons. The monoisotopic (exact) mass is 220 g/mol. The van der Waals surface area contributed by atoms with Crippen molar-refractivity contribution in [3.63, 3.8) is 0 Å². The molecule has 3 nitrogen and oxygen atoms in total. The number of aromatic nitrogens is 1. The van der Waals surface area contributed by atoms with E-state index in [1.165, 1.54) is 0 Å². The Balaban J connectivity index is 0.000000509. The Morgan fingerprint density at radius 1 is 1.00 bits per heavy atom. The molecule has 0 unspecified atom stereocenters. The first-order valence-electron chi connectivity index (χ1n) is 5.63. The molecule has 2 aromatic rings. The lowest BCUT2D eigenvalue weighted by molar-refractivity contribution is 0.595. The van der Waals surface area contributed by atoms with Gasteiger partial charge in [0.2, 0.25) is 0 Å². The minimum Gasteiger partial charge on any atom is -0.424 e. The Bertz CT molecular complexity index is 368. The summed E-state index contributed by atoms with van der Waals surface area (Å²) >= 11 is 0. The van der Waals surface area contributed by atoms with Crippen LogP contribution in [0.2, 0.25) is 0 Å². The number of benzene rings is 1. The van der Waals surface area contributed by atoms with E-state index in [2.05, 4.69) is 4.98 Å². The highest BCUT2D eigenvalue weighted by molar-refractivity contribution is 5.56. The van der Waals surface area contributed by atoms with Crippen molar-refractivity contribution in [1.29, 1.82) is 0 Å². The zero-order valence-corrected chi connectivity index (χ0v) is 10.4. The van der Waals surface area contributed by atoms with Gasteiger partial charge in [-0.2, -0.15) is 0 Å². The molecule has 0 saturated heterocycles. The summed E-state index contributed by atoms with van der Waals surface area (Å²) in [5, 5.41) is 0. The highest BCUT2D eigenvalue weighted by Gasteiger charge is 2.01. The van der Waals surface area contributed by atoms with Gasteiger partial charge in [0.1, 0.15) is 0 Å². The first-order chi connectivity index (χ1) is 7.86. The molecule has 0 saturated carbocycles. The molecule has 2 rings (SSSR count). The molecule has 0 aliphatic carbocycles. The van der Waals surface area contributed by atoms with Crippen molar-refractivity contribution in [2.75, 3.05) is 5.73 Å².